The molecule has 112 valence electrons. The maximum absolute atomic E-state index is 11.8. The summed E-state index contributed by atoms with van der Waals surface area (Å²) in [5, 5.41) is 12.6. The minimum Gasteiger partial charge on any atom is -0.484 e. The molecule has 1 aromatic carbocycles. The monoisotopic (exact) mass is 317 g/mol. The van der Waals surface area contributed by atoms with Crippen molar-refractivity contribution in [2.75, 3.05) is 19.5 Å². The van der Waals surface area contributed by atoms with E-state index in [0.29, 0.717) is 10.8 Å². The van der Waals surface area contributed by atoms with Crippen LogP contribution in [0.5, 0.6) is 5.75 Å². The Morgan fingerprint density at radius 1 is 1.55 bits per heavy atom. The van der Waals surface area contributed by atoms with Gasteiger partial charge in [-0.25, -0.2) is 0 Å². The third-order valence-corrected chi connectivity index (χ3v) is 4.32. The number of thioether (sulfide) groups is 1. The van der Waals surface area contributed by atoms with Crippen molar-refractivity contribution in [3.63, 3.8) is 0 Å². The molecule has 0 saturated heterocycles. The van der Waals surface area contributed by atoms with E-state index in [-0.39, 0.29) is 30.4 Å². The number of hydrogen-bond acceptors (Lipinski definition) is 4. The average molecular weight is 318 g/mol. The molecule has 1 amide bonds. The highest BCUT2D eigenvalue weighted by Gasteiger charge is 2.17. The summed E-state index contributed by atoms with van der Waals surface area (Å²) in [6, 6.07) is 5.14. The predicted octanol–water partition coefficient (Wildman–Crippen LogP) is 2.26. The fourth-order valence-corrected chi connectivity index (χ4v) is 2.60. The van der Waals surface area contributed by atoms with E-state index >= 15 is 0 Å². The van der Waals surface area contributed by atoms with Crippen LogP contribution < -0.4 is 10.1 Å². The molecule has 0 aliphatic carbocycles. The van der Waals surface area contributed by atoms with Gasteiger partial charge in [0.1, 0.15) is 5.75 Å². The molecule has 0 aromatic heterocycles. The lowest BCUT2D eigenvalue weighted by molar-refractivity contribution is -0.123. The minimum absolute atomic E-state index is 0.0174. The number of benzene rings is 1. The Labute approximate surface area is 128 Å². The molecule has 0 aliphatic rings. The first kappa shape index (κ1) is 17.1. The molecule has 6 heteroatoms. The van der Waals surface area contributed by atoms with Crippen molar-refractivity contribution in [3.05, 3.63) is 28.8 Å². The van der Waals surface area contributed by atoms with Gasteiger partial charge in [-0.3, -0.25) is 4.79 Å². The number of ether oxygens (including phenoxy) is 1. The van der Waals surface area contributed by atoms with Crippen LogP contribution in [-0.2, 0) is 4.79 Å². The average Bonchev–Trinajstić information content (AvgIpc) is 2.39. The molecule has 4 nitrogen and oxygen atoms in total. The van der Waals surface area contributed by atoms with Crippen LogP contribution in [0.1, 0.15) is 12.5 Å². The van der Waals surface area contributed by atoms with E-state index in [0.717, 1.165) is 5.56 Å². The van der Waals surface area contributed by atoms with Crippen LogP contribution in [0.15, 0.2) is 18.2 Å². The van der Waals surface area contributed by atoms with Gasteiger partial charge in [0.2, 0.25) is 0 Å². The number of aliphatic hydroxyl groups is 1. The van der Waals surface area contributed by atoms with Gasteiger partial charge in [0, 0.05) is 16.3 Å². The molecular weight excluding hydrogens is 298 g/mol. The second kappa shape index (κ2) is 8.39. The van der Waals surface area contributed by atoms with Gasteiger partial charge in [-0.2, -0.15) is 11.8 Å². The molecular formula is C14H20ClNO3S. The van der Waals surface area contributed by atoms with Crippen molar-refractivity contribution in [1.29, 1.82) is 0 Å². The topological polar surface area (TPSA) is 58.6 Å². The summed E-state index contributed by atoms with van der Waals surface area (Å²) in [7, 11) is 0. The fraction of sp³-hybridized carbons (Fsp3) is 0.500. The summed E-state index contributed by atoms with van der Waals surface area (Å²) in [6.07, 6.45) is 1.90. The third kappa shape index (κ3) is 5.23. The number of carbonyl (C=O) groups is 1. The van der Waals surface area contributed by atoms with Gasteiger partial charge in [-0.15, -0.1) is 0 Å². The molecule has 2 unspecified atom stereocenters. The molecule has 0 heterocycles. The molecule has 0 radical (unpaired) electrons. The first-order valence-corrected chi connectivity index (χ1v) is 7.96. The molecule has 0 bridgehead atoms. The Hall–Kier alpha value is -0.910. The largest absolute Gasteiger partial charge is 0.484 e. The smallest absolute Gasteiger partial charge is 0.258 e. The van der Waals surface area contributed by atoms with Crippen molar-refractivity contribution in [2.45, 2.75) is 25.1 Å². The second-order valence-electron chi connectivity index (χ2n) is 4.51. The minimum atomic E-state index is -0.209. The van der Waals surface area contributed by atoms with Crippen molar-refractivity contribution in [2.24, 2.45) is 0 Å². The van der Waals surface area contributed by atoms with Gasteiger partial charge >= 0.3 is 0 Å². The molecule has 20 heavy (non-hydrogen) atoms. The van der Waals surface area contributed by atoms with Gasteiger partial charge in [0.25, 0.3) is 5.91 Å². The van der Waals surface area contributed by atoms with Crippen LogP contribution in [-0.4, -0.2) is 41.8 Å². The summed E-state index contributed by atoms with van der Waals surface area (Å²) in [4.78, 5) is 11.8. The van der Waals surface area contributed by atoms with Crippen molar-refractivity contribution < 1.29 is 14.6 Å². The molecule has 1 rings (SSSR count). The van der Waals surface area contributed by atoms with Crippen molar-refractivity contribution in [3.8, 4) is 5.75 Å². The summed E-state index contributed by atoms with van der Waals surface area (Å²) >= 11 is 7.37. The Morgan fingerprint density at radius 2 is 2.25 bits per heavy atom. The number of nitrogens with one attached hydrogen (secondary N) is 1. The number of halogens is 1. The summed E-state index contributed by atoms with van der Waals surface area (Å²) in [6.45, 7) is 3.71. The van der Waals surface area contributed by atoms with Crippen LogP contribution in [0.4, 0.5) is 0 Å². The highest BCUT2D eigenvalue weighted by Crippen LogP contribution is 2.21. The van der Waals surface area contributed by atoms with E-state index in [2.05, 4.69) is 5.32 Å². The van der Waals surface area contributed by atoms with Gasteiger partial charge in [-0.1, -0.05) is 11.6 Å². The number of aliphatic hydroxyl groups excluding tert-OH is 1. The molecule has 0 saturated carbocycles. The first-order chi connectivity index (χ1) is 9.47. The number of carbonyl (C=O) groups excluding carboxylic acids is 1. The van der Waals surface area contributed by atoms with Gasteiger partial charge in [-0.05, 0) is 43.9 Å². The SMILES string of the molecule is CSC(CO)C(C)NC(=O)COc1ccc(Cl)cc1C. The van der Waals surface area contributed by atoms with Crippen molar-refractivity contribution >= 4 is 29.3 Å². The normalized spacial score (nSPS) is 13.7. The third-order valence-electron chi connectivity index (χ3n) is 2.92. The Balaban J connectivity index is 2.47. The van der Waals surface area contributed by atoms with E-state index in [1.54, 1.807) is 18.2 Å². The Bertz CT molecular complexity index is 452. The lowest BCUT2D eigenvalue weighted by Crippen LogP contribution is -2.43. The molecule has 2 N–H and O–H groups in total. The maximum Gasteiger partial charge on any atom is 0.258 e. The van der Waals surface area contributed by atoms with E-state index in [9.17, 15) is 4.79 Å². The van der Waals surface area contributed by atoms with Gasteiger partial charge < -0.3 is 15.2 Å². The van der Waals surface area contributed by atoms with Crippen LogP contribution in [0.2, 0.25) is 5.02 Å². The van der Waals surface area contributed by atoms with Crippen LogP contribution in [0, 0.1) is 6.92 Å². The molecule has 1 aromatic rings. The van der Waals surface area contributed by atoms with Crippen LogP contribution in [0.25, 0.3) is 0 Å². The molecule has 0 fully saturated rings. The highest BCUT2D eigenvalue weighted by molar-refractivity contribution is 7.99. The van der Waals surface area contributed by atoms with E-state index in [1.807, 2.05) is 20.1 Å². The van der Waals surface area contributed by atoms with E-state index in [1.165, 1.54) is 11.8 Å². The predicted molar refractivity (Wildman–Crippen MR) is 83.7 cm³/mol. The zero-order valence-electron chi connectivity index (χ0n) is 11.9. The number of amides is 1. The van der Waals surface area contributed by atoms with E-state index in [4.69, 9.17) is 21.4 Å². The van der Waals surface area contributed by atoms with Gasteiger partial charge in [0.15, 0.2) is 6.61 Å². The molecule has 0 spiro atoms. The van der Waals surface area contributed by atoms with E-state index < -0.39 is 0 Å². The summed E-state index contributed by atoms with van der Waals surface area (Å²) in [5.41, 5.74) is 0.885. The van der Waals surface area contributed by atoms with Crippen molar-refractivity contribution in [1.82, 2.24) is 5.32 Å². The standard InChI is InChI=1S/C14H20ClNO3S/c1-9-6-11(15)4-5-12(9)19-8-14(18)16-10(2)13(7-17)20-3/h4-6,10,13,17H,7-8H2,1-3H3,(H,16,18). The Kier molecular flexibility index (Phi) is 7.19. The number of hydrogen-bond donors (Lipinski definition) is 2. The fourth-order valence-electron chi connectivity index (χ4n) is 1.74. The van der Waals surface area contributed by atoms with Crippen LogP contribution >= 0.6 is 23.4 Å². The maximum atomic E-state index is 11.8. The zero-order valence-corrected chi connectivity index (χ0v) is 13.4. The van der Waals surface area contributed by atoms with Gasteiger partial charge in [0.05, 0.1) is 6.61 Å². The molecule has 0 aliphatic heterocycles. The quantitative estimate of drug-likeness (QED) is 0.810. The zero-order chi connectivity index (χ0) is 15.1. The lowest BCUT2D eigenvalue weighted by atomic mass is 10.2. The summed E-state index contributed by atoms with van der Waals surface area (Å²) < 4.78 is 5.46. The molecule has 2 atom stereocenters. The number of aryl methyl sites for hydroxylation is 1. The lowest BCUT2D eigenvalue weighted by Gasteiger charge is -2.21. The summed E-state index contributed by atoms with van der Waals surface area (Å²) in [5.74, 6) is 0.431. The first-order valence-electron chi connectivity index (χ1n) is 6.30. The second-order valence-corrected chi connectivity index (χ2v) is 6.02. The Morgan fingerprint density at radius 3 is 2.80 bits per heavy atom. The van der Waals surface area contributed by atoms with Crippen LogP contribution in [0.3, 0.4) is 0 Å². The highest BCUT2D eigenvalue weighted by atomic mass is 35.5. The number of rotatable bonds is 7.